The zero-order valence-electron chi connectivity index (χ0n) is 21.0. The number of amides is 1. The van der Waals surface area contributed by atoms with E-state index in [1.165, 1.54) is 49.1 Å². The SMILES string of the molecule is CCCCCCCCC#Cc1ccc(CN(Cc2ccc(C(F)(F)F)cc2)C(=O)C(=O)OCC)cc1. The molecule has 0 aliphatic rings. The summed E-state index contributed by atoms with van der Waals surface area (Å²) >= 11 is 0. The zero-order valence-corrected chi connectivity index (χ0v) is 21.0. The van der Waals surface area contributed by atoms with Gasteiger partial charge in [-0.3, -0.25) is 4.79 Å². The number of carbonyl (C=O) groups is 2. The fourth-order valence-electron chi connectivity index (χ4n) is 3.61. The quantitative estimate of drug-likeness (QED) is 0.146. The van der Waals surface area contributed by atoms with Gasteiger partial charge in [0.25, 0.3) is 0 Å². The first kappa shape index (κ1) is 29.0. The number of hydrogen-bond acceptors (Lipinski definition) is 3. The lowest BCUT2D eigenvalue weighted by atomic mass is 10.1. The van der Waals surface area contributed by atoms with Gasteiger partial charge in [-0.1, -0.05) is 75.1 Å². The summed E-state index contributed by atoms with van der Waals surface area (Å²) in [7, 11) is 0. The van der Waals surface area contributed by atoms with Crippen molar-refractivity contribution in [2.24, 2.45) is 0 Å². The minimum Gasteiger partial charge on any atom is -0.459 e. The Morgan fingerprint density at radius 2 is 1.39 bits per heavy atom. The van der Waals surface area contributed by atoms with Crippen LogP contribution in [0.15, 0.2) is 48.5 Å². The molecule has 0 aliphatic heterocycles. The normalized spacial score (nSPS) is 10.9. The molecule has 2 aromatic carbocycles. The second kappa shape index (κ2) is 15.0. The number of carbonyl (C=O) groups excluding carboxylic acids is 2. The van der Waals surface area contributed by atoms with Crippen molar-refractivity contribution >= 4 is 11.9 Å². The Kier molecular flexibility index (Phi) is 12.0. The van der Waals surface area contributed by atoms with E-state index in [1.54, 1.807) is 6.92 Å². The summed E-state index contributed by atoms with van der Waals surface area (Å²) in [5, 5.41) is 0. The highest BCUT2D eigenvalue weighted by molar-refractivity contribution is 6.32. The Morgan fingerprint density at radius 1 is 0.833 bits per heavy atom. The molecular formula is C29H34F3NO3. The van der Waals surface area contributed by atoms with Crippen LogP contribution in [0.2, 0.25) is 0 Å². The minimum atomic E-state index is -4.45. The molecule has 2 aromatic rings. The van der Waals surface area contributed by atoms with Crippen LogP contribution < -0.4 is 0 Å². The Labute approximate surface area is 211 Å². The maximum Gasteiger partial charge on any atom is 0.416 e. The van der Waals surface area contributed by atoms with Gasteiger partial charge >= 0.3 is 18.1 Å². The van der Waals surface area contributed by atoms with E-state index >= 15 is 0 Å². The fraction of sp³-hybridized carbons (Fsp3) is 0.448. The number of hydrogen-bond donors (Lipinski definition) is 0. The Balaban J connectivity index is 2.02. The number of ether oxygens (including phenoxy) is 1. The molecule has 2 rings (SSSR count). The molecule has 7 heteroatoms. The predicted molar refractivity (Wildman–Crippen MR) is 134 cm³/mol. The number of rotatable bonds is 11. The van der Waals surface area contributed by atoms with Gasteiger partial charge in [0.15, 0.2) is 0 Å². The van der Waals surface area contributed by atoms with Crippen molar-refractivity contribution in [1.82, 2.24) is 4.90 Å². The lowest BCUT2D eigenvalue weighted by Crippen LogP contribution is -2.36. The van der Waals surface area contributed by atoms with Crippen molar-refractivity contribution in [3.8, 4) is 11.8 Å². The van der Waals surface area contributed by atoms with E-state index in [9.17, 15) is 22.8 Å². The van der Waals surface area contributed by atoms with Crippen molar-refractivity contribution in [3.05, 3.63) is 70.8 Å². The van der Waals surface area contributed by atoms with E-state index in [2.05, 4.69) is 18.8 Å². The highest BCUT2D eigenvalue weighted by Crippen LogP contribution is 2.29. The molecule has 194 valence electrons. The molecule has 0 bridgehead atoms. The van der Waals surface area contributed by atoms with Gasteiger partial charge < -0.3 is 9.64 Å². The average Bonchev–Trinajstić information content (AvgIpc) is 2.85. The smallest absolute Gasteiger partial charge is 0.416 e. The van der Waals surface area contributed by atoms with E-state index in [-0.39, 0.29) is 19.7 Å². The number of benzene rings is 2. The molecule has 0 unspecified atom stereocenters. The monoisotopic (exact) mass is 501 g/mol. The molecule has 0 saturated carbocycles. The highest BCUT2D eigenvalue weighted by atomic mass is 19.4. The average molecular weight is 502 g/mol. The van der Waals surface area contributed by atoms with E-state index in [0.717, 1.165) is 36.1 Å². The largest absolute Gasteiger partial charge is 0.459 e. The predicted octanol–water partition coefficient (Wildman–Crippen LogP) is 6.90. The second-order valence-electron chi connectivity index (χ2n) is 8.59. The Hall–Kier alpha value is -3.27. The molecule has 0 N–H and O–H groups in total. The van der Waals surface area contributed by atoms with Crippen molar-refractivity contribution in [2.75, 3.05) is 6.61 Å². The molecule has 0 aromatic heterocycles. The fourth-order valence-corrected chi connectivity index (χ4v) is 3.61. The first-order valence-electron chi connectivity index (χ1n) is 12.4. The van der Waals surface area contributed by atoms with Crippen LogP contribution in [0.25, 0.3) is 0 Å². The van der Waals surface area contributed by atoms with Crippen LogP contribution in [0.1, 0.15) is 81.0 Å². The summed E-state index contributed by atoms with van der Waals surface area (Å²) in [5.41, 5.74) is 1.32. The van der Waals surface area contributed by atoms with Crippen LogP contribution in [0, 0.1) is 11.8 Å². The summed E-state index contributed by atoms with van der Waals surface area (Å²) < 4.78 is 43.4. The first-order chi connectivity index (χ1) is 17.2. The van der Waals surface area contributed by atoms with E-state index in [1.807, 2.05) is 24.3 Å². The van der Waals surface area contributed by atoms with Crippen molar-refractivity contribution in [1.29, 1.82) is 0 Å². The second-order valence-corrected chi connectivity index (χ2v) is 8.59. The van der Waals surface area contributed by atoms with Crippen LogP contribution in [0.5, 0.6) is 0 Å². The Morgan fingerprint density at radius 3 is 1.94 bits per heavy atom. The molecule has 0 radical (unpaired) electrons. The molecule has 0 spiro atoms. The van der Waals surface area contributed by atoms with Gasteiger partial charge in [0.05, 0.1) is 12.2 Å². The molecule has 4 nitrogen and oxygen atoms in total. The van der Waals surface area contributed by atoms with Gasteiger partial charge in [-0.05, 0) is 48.7 Å². The maximum atomic E-state index is 12.9. The number of alkyl halides is 3. The van der Waals surface area contributed by atoms with E-state index in [0.29, 0.717) is 5.56 Å². The topological polar surface area (TPSA) is 46.6 Å². The van der Waals surface area contributed by atoms with Gasteiger partial charge in [0.1, 0.15) is 0 Å². The molecular weight excluding hydrogens is 467 g/mol. The Bertz CT molecular complexity index is 1020. The molecule has 0 fully saturated rings. The van der Waals surface area contributed by atoms with Gasteiger partial charge in [-0.2, -0.15) is 13.2 Å². The lowest BCUT2D eigenvalue weighted by Gasteiger charge is -2.22. The summed E-state index contributed by atoms with van der Waals surface area (Å²) in [6, 6.07) is 11.9. The molecule has 36 heavy (non-hydrogen) atoms. The third kappa shape index (κ3) is 10.2. The number of halogens is 3. The number of unbranched alkanes of at least 4 members (excludes halogenated alkanes) is 6. The molecule has 1 amide bonds. The third-order valence-electron chi connectivity index (χ3n) is 5.61. The van der Waals surface area contributed by atoms with Crippen LogP contribution in [0.4, 0.5) is 13.2 Å². The molecule has 0 heterocycles. The van der Waals surface area contributed by atoms with Crippen molar-refractivity contribution < 1.29 is 27.5 Å². The van der Waals surface area contributed by atoms with Crippen LogP contribution in [-0.2, 0) is 33.6 Å². The van der Waals surface area contributed by atoms with Gasteiger partial charge in [0.2, 0.25) is 0 Å². The number of esters is 1. The zero-order chi connectivity index (χ0) is 26.4. The van der Waals surface area contributed by atoms with Crippen LogP contribution in [0.3, 0.4) is 0 Å². The molecule has 0 saturated heterocycles. The van der Waals surface area contributed by atoms with Gasteiger partial charge in [-0.15, -0.1) is 0 Å². The van der Waals surface area contributed by atoms with E-state index < -0.39 is 23.6 Å². The van der Waals surface area contributed by atoms with Gasteiger partial charge in [0, 0.05) is 25.1 Å². The summed E-state index contributed by atoms with van der Waals surface area (Å²) in [5.74, 6) is 4.49. The van der Waals surface area contributed by atoms with Crippen molar-refractivity contribution in [2.45, 2.75) is 78.1 Å². The highest BCUT2D eigenvalue weighted by Gasteiger charge is 2.30. The standard InChI is InChI=1S/C29H34F3NO3/c1-3-5-6-7-8-9-10-11-12-23-13-15-24(16-14-23)21-33(27(34)28(35)36-4-2)22-25-17-19-26(20-18-25)29(30,31)32/h13-20H,3-10,21-22H2,1-2H3. The number of nitrogens with zero attached hydrogens (tertiary/aromatic N) is 1. The van der Waals surface area contributed by atoms with E-state index in [4.69, 9.17) is 4.74 Å². The minimum absolute atomic E-state index is 0.0321. The summed E-state index contributed by atoms with van der Waals surface area (Å²) in [4.78, 5) is 26.0. The van der Waals surface area contributed by atoms with Crippen LogP contribution >= 0.6 is 0 Å². The van der Waals surface area contributed by atoms with Gasteiger partial charge in [-0.25, -0.2) is 4.79 Å². The molecule has 0 aliphatic carbocycles. The summed E-state index contributed by atoms with van der Waals surface area (Å²) in [6.07, 6.45) is 3.73. The maximum absolute atomic E-state index is 12.9. The summed E-state index contributed by atoms with van der Waals surface area (Å²) in [6.45, 7) is 3.91. The first-order valence-corrected chi connectivity index (χ1v) is 12.4. The van der Waals surface area contributed by atoms with Crippen LogP contribution in [-0.4, -0.2) is 23.4 Å². The molecule has 0 atom stereocenters. The lowest BCUT2D eigenvalue weighted by molar-refractivity contribution is -0.160. The third-order valence-corrected chi connectivity index (χ3v) is 5.61. The van der Waals surface area contributed by atoms with Crippen molar-refractivity contribution in [3.63, 3.8) is 0 Å².